The molecular formula is C28H24S2. The molecule has 0 nitrogen and oxygen atoms in total. The summed E-state index contributed by atoms with van der Waals surface area (Å²) in [6.07, 6.45) is 8.55. The van der Waals surface area contributed by atoms with Crippen LogP contribution in [0.4, 0.5) is 0 Å². The third-order valence-electron chi connectivity index (χ3n) is 5.14. The van der Waals surface area contributed by atoms with Crippen LogP contribution in [0.3, 0.4) is 0 Å². The second-order valence-corrected chi connectivity index (χ2v) is 8.79. The van der Waals surface area contributed by atoms with Crippen LogP contribution in [0, 0.1) is 0 Å². The Bertz CT molecular complexity index is 1010. The summed E-state index contributed by atoms with van der Waals surface area (Å²) in [6.45, 7) is 0. The summed E-state index contributed by atoms with van der Waals surface area (Å²) in [6, 6.07) is 34.9. The first kappa shape index (κ1) is 20.6. The second-order valence-electron chi connectivity index (χ2n) is 7.03. The summed E-state index contributed by atoms with van der Waals surface area (Å²) in [5, 5.41) is 0. The lowest BCUT2D eigenvalue weighted by molar-refractivity contribution is 1.46. The van der Waals surface area contributed by atoms with Gasteiger partial charge >= 0.3 is 0 Å². The van der Waals surface area contributed by atoms with Crippen molar-refractivity contribution in [3.8, 4) is 22.3 Å². The normalized spacial score (nSPS) is 11.1. The van der Waals surface area contributed by atoms with Gasteiger partial charge in [0, 0.05) is 9.79 Å². The molecule has 0 aliphatic carbocycles. The van der Waals surface area contributed by atoms with Gasteiger partial charge in [0.1, 0.15) is 0 Å². The van der Waals surface area contributed by atoms with Crippen LogP contribution in [0.5, 0.6) is 0 Å². The van der Waals surface area contributed by atoms with Gasteiger partial charge in [0.15, 0.2) is 0 Å². The van der Waals surface area contributed by atoms with Gasteiger partial charge in [0.2, 0.25) is 0 Å². The predicted octanol–water partition coefficient (Wildman–Crippen LogP) is 8.63. The molecule has 0 fully saturated rings. The standard InChI is InChI=1S/C28H24S2/c1-29-27-17-13-25(14-18-27)23-9-5-21(6-10-23)3-4-22-7-11-24(12-8-22)26-15-19-28(30-2)20-16-26/h3-20H,1-2H3/b4-3-. The third kappa shape index (κ3) is 5.08. The molecule has 0 saturated heterocycles. The Morgan fingerprint density at radius 1 is 0.400 bits per heavy atom. The lowest BCUT2D eigenvalue weighted by Gasteiger charge is -2.04. The number of rotatable bonds is 6. The molecule has 0 radical (unpaired) electrons. The zero-order valence-corrected chi connectivity index (χ0v) is 18.8. The first-order valence-electron chi connectivity index (χ1n) is 9.92. The van der Waals surface area contributed by atoms with Crippen molar-refractivity contribution < 1.29 is 0 Å². The van der Waals surface area contributed by atoms with Gasteiger partial charge in [-0.25, -0.2) is 0 Å². The van der Waals surface area contributed by atoms with Crippen molar-refractivity contribution in [2.45, 2.75) is 9.79 Å². The molecule has 0 bridgehead atoms. The molecule has 0 spiro atoms. The number of benzene rings is 4. The largest absolute Gasteiger partial charge is 0.130 e. The topological polar surface area (TPSA) is 0 Å². The minimum atomic E-state index is 1.20. The molecule has 4 aromatic carbocycles. The average molecular weight is 425 g/mol. The summed E-state index contributed by atoms with van der Waals surface area (Å²) in [7, 11) is 0. The van der Waals surface area contributed by atoms with Crippen molar-refractivity contribution in [3.63, 3.8) is 0 Å². The van der Waals surface area contributed by atoms with Crippen LogP contribution in [-0.2, 0) is 0 Å². The lowest BCUT2D eigenvalue weighted by atomic mass is 10.0. The fourth-order valence-corrected chi connectivity index (χ4v) is 4.15. The minimum Gasteiger partial charge on any atom is -0.130 e. The average Bonchev–Trinajstić information content (AvgIpc) is 2.83. The zero-order chi connectivity index (χ0) is 20.8. The highest BCUT2D eigenvalue weighted by molar-refractivity contribution is 7.98. The fourth-order valence-electron chi connectivity index (χ4n) is 3.33. The van der Waals surface area contributed by atoms with E-state index in [4.69, 9.17) is 0 Å². The molecule has 2 heteroatoms. The predicted molar refractivity (Wildman–Crippen MR) is 136 cm³/mol. The Morgan fingerprint density at radius 2 is 0.667 bits per heavy atom. The Hall–Kier alpha value is -2.68. The van der Waals surface area contributed by atoms with E-state index in [1.54, 1.807) is 23.5 Å². The highest BCUT2D eigenvalue weighted by Gasteiger charge is 1.99. The van der Waals surface area contributed by atoms with E-state index in [2.05, 4.69) is 122 Å². The van der Waals surface area contributed by atoms with Crippen molar-refractivity contribution >= 4 is 35.7 Å². The molecule has 0 saturated carbocycles. The number of thioether (sulfide) groups is 2. The van der Waals surface area contributed by atoms with E-state index >= 15 is 0 Å². The molecule has 148 valence electrons. The quantitative estimate of drug-likeness (QED) is 0.224. The molecule has 0 aliphatic heterocycles. The van der Waals surface area contributed by atoms with E-state index in [1.807, 2.05) is 0 Å². The molecule has 0 atom stereocenters. The molecule has 0 aromatic heterocycles. The molecule has 4 rings (SSSR count). The molecule has 0 unspecified atom stereocenters. The van der Waals surface area contributed by atoms with E-state index in [-0.39, 0.29) is 0 Å². The van der Waals surface area contributed by atoms with Crippen LogP contribution in [0.1, 0.15) is 11.1 Å². The maximum atomic E-state index is 2.19. The number of hydrogen-bond acceptors (Lipinski definition) is 2. The van der Waals surface area contributed by atoms with Gasteiger partial charge in [-0.15, -0.1) is 23.5 Å². The monoisotopic (exact) mass is 424 g/mol. The summed E-state index contributed by atoms with van der Waals surface area (Å²) in [5.74, 6) is 0. The van der Waals surface area contributed by atoms with Crippen LogP contribution in [-0.4, -0.2) is 12.5 Å². The van der Waals surface area contributed by atoms with Gasteiger partial charge in [0.25, 0.3) is 0 Å². The van der Waals surface area contributed by atoms with Crippen LogP contribution in [0.25, 0.3) is 34.4 Å². The van der Waals surface area contributed by atoms with Crippen molar-refractivity contribution in [1.82, 2.24) is 0 Å². The smallest absolute Gasteiger partial charge is 0.00695 e. The first-order chi connectivity index (χ1) is 14.7. The van der Waals surface area contributed by atoms with Gasteiger partial charge in [-0.05, 0) is 70.2 Å². The minimum absolute atomic E-state index is 1.20. The number of hydrogen-bond donors (Lipinski definition) is 0. The molecular weight excluding hydrogens is 400 g/mol. The lowest BCUT2D eigenvalue weighted by Crippen LogP contribution is -1.80. The summed E-state index contributed by atoms with van der Waals surface area (Å²) < 4.78 is 0. The Kier molecular flexibility index (Phi) is 6.78. The molecule has 0 amide bonds. The second kappa shape index (κ2) is 9.88. The Morgan fingerprint density at radius 3 is 0.933 bits per heavy atom. The van der Waals surface area contributed by atoms with Crippen LogP contribution in [0.2, 0.25) is 0 Å². The summed E-state index contributed by atoms with van der Waals surface area (Å²) >= 11 is 3.54. The molecule has 4 aromatic rings. The van der Waals surface area contributed by atoms with Gasteiger partial charge in [-0.1, -0.05) is 84.9 Å². The van der Waals surface area contributed by atoms with Crippen molar-refractivity contribution in [2.75, 3.05) is 12.5 Å². The fraction of sp³-hybridized carbons (Fsp3) is 0.0714. The Balaban J connectivity index is 1.43. The first-order valence-corrected chi connectivity index (χ1v) is 12.4. The summed E-state index contributed by atoms with van der Waals surface area (Å²) in [5.41, 5.74) is 7.41. The van der Waals surface area contributed by atoms with Crippen LogP contribution < -0.4 is 0 Å². The van der Waals surface area contributed by atoms with E-state index in [1.165, 1.54) is 43.2 Å². The van der Waals surface area contributed by atoms with Gasteiger partial charge in [-0.3, -0.25) is 0 Å². The van der Waals surface area contributed by atoms with Crippen molar-refractivity contribution in [1.29, 1.82) is 0 Å². The molecule has 0 aliphatic rings. The van der Waals surface area contributed by atoms with E-state index in [0.717, 1.165) is 0 Å². The highest BCUT2D eigenvalue weighted by atomic mass is 32.2. The van der Waals surface area contributed by atoms with E-state index in [9.17, 15) is 0 Å². The van der Waals surface area contributed by atoms with Crippen LogP contribution >= 0.6 is 23.5 Å². The molecule has 0 N–H and O–H groups in total. The summed E-state index contributed by atoms with van der Waals surface area (Å²) in [4.78, 5) is 2.59. The third-order valence-corrected chi connectivity index (χ3v) is 6.62. The maximum absolute atomic E-state index is 2.19. The maximum Gasteiger partial charge on any atom is 0.00695 e. The van der Waals surface area contributed by atoms with Crippen LogP contribution in [0.15, 0.2) is 107 Å². The Labute approximate surface area is 188 Å². The van der Waals surface area contributed by atoms with Crippen molar-refractivity contribution in [2.24, 2.45) is 0 Å². The van der Waals surface area contributed by atoms with Gasteiger partial charge in [0.05, 0.1) is 0 Å². The zero-order valence-electron chi connectivity index (χ0n) is 17.2. The van der Waals surface area contributed by atoms with E-state index < -0.39 is 0 Å². The molecule has 30 heavy (non-hydrogen) atoms. The van der Waals surface area contributed by atoms with Gasteiger partial charge < -0.3 is 0 Å². The highest BCUT2D eigenvalue weighted by Crippen LogP contribution is 2.25. The van der Waals surface area contributed by atoms with E-state index in [0.29, 0.717) is 0 Å². The van der Waals surface area contributed by atoms with Crippen molar-refractivity contribution in [3.05, 3.63) is 108 Å². The molecule has 0 heterocycles. The van der Waals surface area contributed by atoms with Gasteiger partial charge in [-0.2, -0.15) is 0 Å². The SMILES string of the molecule is CSc1ccc(-c2ccc(/C=C\c3ccc(-c4ccc(SC)cc4)cc3)cc2)cc1.